The van der Waals surface area contributed by atoms with E-state index in [0.717, 1.165) is 45.4 Å². The zero-order chi connectivity index (χ0) is 14.4. The van der Waals surface area contributed by atoms with E-state index in [4.69, 9.17) is 10.7 Å². The molecule has 0 saturated carbocycles. The molecule has 2 aromatic heterocycles. The van der Waals surface area contributed by atoms with Crippen LogP contribution in [-0.4, -0.2) is 14.8 Å². The van der Waals surface area contributed by atoms with Crippen molar-refractivity contribution in [3.8, 4) is 5.69 Å². The van der Waals surface area contributed by atoms with E-state index in [1.807, 2.05) is 35.1 Å². The number of benzene rings is 1. The number of aryl methyl sites for hydroxylation is 1. The Morgan fingerprint density at radius 3 is 2.67 bits per heavy atom. The van der Waals surface area contributed by atoms with E-state index in [-0.39, 0.29) is 0 Å². The number of nitrogens with zero attached hydrogens (tertiary/aromatic N) is 3. The van der Waals surface area contributed by atoms with Gasteiger partial charge in [0.15, 0.2) is 5.65 Å². The lowest BCUT2D eigenvalue weighted by atomic mass is 9.94. The summed E-state index contributed by atoms with van der Waals surface area (Å²) >= 11 is 3.45. The van der Waals surface area contributed by atoms with Gasteiger partial charge in [-0.25, -0.2) is 9.67 Å². The molecular formula is C16H15BrN4. The number of nitrogens with two attached hydrogens (primary N) is 1. The Balaban J connectivity index is 1.95. The van der Waals surface area contributed by atoms with Gasteiger partial charge < -0.3 is 5.73 Å². The molecule has 2 heterocycles. The summed E-state index contributed by atoms with van der Waals surface area (Å²) in [5.74, 6) is 0. The van der Waals surface area contributed by atoms with Gasteiger partial charge in [0, 0.05) is 15.9 Å². The molecule has 1 aromatic carbocycles. The quantitative estimate of drug-likeness (QED) is 0.734. The van der Waals surface area contributed by atoms with Gasteiger partial charge >= 0.3 is 0 Å². The number of hydrogen-bond donors (Lipinski definition) is 1. The SMILES string of the molecule is Nc1c2c(nc3c1cnn3-c1ccc(Br)cc1)CCCC2. The molecule has 106 valence electrons. The van der Waals surface area contributed by atoms with Crippen LogP contribution in [0.3, 0.4) is 0 Å². The van der Waals surface area contributed by atoms with Gasteiger partial charge in [-0.2, -0.15) is 5.10 Å². The summed E-state index contributed by atoms with van der Waals surface area (Å²) in [4.78, 5) is 4.84. The first-order valence-electron chi connectivity index (χ1n) is 7.15. The maximum Gasteiger partial charge on any atom is 0.165 e. The molecule has 0 spiro atoms. The minimum Gasteiger partial charge on any atom is -0.398 e. The first kappa shape index (κ1) is 12.8. The number of rotatable bonds is 1. The average molecular weight is 343 g/mol. The summed E-state index contributed by atoms with van der Waals surface area (Å²) in [6, 6.07) is 8.05. The number of pyridine rings is 1. The van der Waals surface area contributed by atoms with Crippen LogP contribution in [0.5, 0.6) is 0 Å². The fraction of sp³-hybridized carbons (Fsp3) is 0.250. The summed E-state index contributed by atoms with van der Waals surface area (Å²) in [5, 5.41) is 5.44. The minimum atomic E-state index is 0.857. The highest BCUT2D eigenvalue weighted by atomic mass is 79.9. The predicted molar refractivity (Wildman–Crippen MR) is 87.6 cm³/mol. The van der Waals surface area contributed by atoms with Crippen LogP contribution >= 0.6 is 15.9 Å². The van der Waals surface area contributed by atoms with Crippen molar-refractivity contribution in [2.45, 2.75) is 25.7 Å². The summed E-state index contributed by atoms with van der Waals surface area (Å²) in [7, 11) is 0. The van der Waals surface area contributed by atoms with Gasteiger partial charge in [0.2, 0.25) is 0 Å². The van der Waals surface area contributed by atoms with Crippen molar-refractivity contribution in [2.24, 2.45) is 0 Å². The van der Waals surface area contributed by atoms with Crippen molar-refractivity contribution in [1.82, 2.24) is 14.8 Å². The first-order chi connectivity index (χ1) is 10.2. The van der Waals surface area contributed by atoms with E-state index < -0.39 is 0 Å². The van der Waals surface area contributed by atoms with Crippen molar-refractivity contribution in [3.63, 3.8) is 0 Å². The maximum absolute atomic E-state index is 6.35. The molecule has 0 unspecified atom stereocenters. The fourth-order valence-corrected chi connectivity index (χ4v) is 3.27. The highest BCUT2D eigenvalue weighted by Crippen LogP contribution is 2.31. The molecular weight excluding hydrogens is 328 g/mol. The van der Waals surface area contributed by atoms with Gasteiger partial charge in [-0.05, 0) is 55.5 Å². The smallest absolute Gasteiger partial charge is 0.165 e. The number of nitrogen functional groups attached to an aromatic ring is 1. The zero-order valence-corrected chi connectivity index (χ0v) is 13.1. The molecule has 0 saturated heterocycles. The van der Waals surface area contributed by atoms with E-state index in [9.17, 15) is 0 Å². The van der Waals surface area contributed by atoms with E-state index >= 15 is 0 Å². The van der Waals surface area contributed by atoms with Gasteiger partial charge in [-0.15, -0.1) is 0 Å². The lowest BCUT2D eigenvalue weighted by Gasteiger charge is -2.17. The number of aromatic nitrogens is 3. The number of hydrogen-bond acceptors (Lipinski definition) is 3. The molecule has 1 aliphatic rings. The summed E-state index contributed by atoms with van der Waals surface area (Å²) in [6.07, 6.45) is 6.27. The van der Waals surface area contributed by atoms with Crippen molar-refractivity contribution in [1.29, 1.82) is 0 Å². The molecule has 4 rings (SSSR count). The highest BCUT2D eigenvalue weighted by molar-refractivity contribution is 9.10. The van der Waals surface area contributed by atoms with Crippen molar-refractivity contribution < 1.29 is 0 Å². The average Bonchev–Trinajstić information content (AvgIpc) is 2.92. The second-order valence-electron chi connectivity index (χ2n) is 5.43. The summed E-state index contributed by atoms with van der Waals surface area (Å²) < 4.78 is 2.92. The molecule has 0 bridgehead atoms. The Morgan fingerprint density at radius 1 is 1.10 bits per heavy atom. The second-order valence-corrected chi connectivity index (χ2v) is 6.34. The molecule has 0 atom stereocenters. The number of halogens is 1. The van der Waals surface area contributed by atoms with Crippen LogP contribution in [0.2, 0.25) is 0 Å². The lowest BCUT2D eigenvalue weighted by molar-refractivity contribution is 0.671. The Bertz CT molecular complexity index is 820. The monoisotopic (exact) mass is 342 g/mol. The molecule has 0 radical (unpaired) electrons. The van der Waals surface area contributed by atoms with E-state index in [1.165, 1.54) is 18.4 Å². The van der Waals surface area contributed by atoms with E-state index in [1.54, 1.807) is 0 Å². The standard InChI is InChI=1S/C16H15BrN4/c17-10-5-7-11(8-6-10)21-16-13(9-19-21)15(18)12-3-1-2-4-14(12)20-16/h5-9H,1-4H2,(H2,18,20). The normalized spacial score (nSPS) is 14.3. The topological polar surface area (TPSA) is 56.7 Å². The van der Waals surface area contributed by atoms with Gasteiger partial charge in [0.1, 0.15) is 0 Å². The van der Waals surface area contributed by atoms with Gasteiger partial charge in [-0.3, -0.25) is 0 Å². The largest absolute Gasteiger partial charge is 0.398 e. The number of fused-ring (bicyclic) bond motifs is 2. The van der Waals surface area contributed by atoms with Crippen LogP contribution in [0.4, 0.5) is 5.69 Å². The summed E-state index contributed by atoms with van der Waals surface area (Å²) in [5.41, 5.74) is 11.4. The van der Waals surface area contributed by atoms with E-state index in [2.05, 4.69) is 21.0 Å². The van der Waals surface area contributed by atoms with Crippen molar-refractivity contribution in [3.05, 3.63) is 46.2 Å². The highest BCUT2D eigenvalue weighted by Gasteiger charge is 2.19. The van der Waals surface area contributed by atoms with Crippen molar-refractivity contribution in [2.75, 3.05) is 5.73 Å². The third-order valence-corrected chi connectivity index (χ3v) is 4.64. The van der Waals surface area contributed by atoms with E-state index in [0.29, 0.717) is 0 Å². The molecule has 0 amide bonds. The second kappa shape index (κ2) is 4.84. The zero-order valence-electron chi connectivity index (χ0n) is 11.5. The molecule has 0 fully saturated rings. The Kier molecular flexibility index (Phi) is 2.96. The fourth-order valence-electron chi connectivity index (χ4n) is 3.00. The lowest BCUT2D eigenvalue weighted by Crippen LogP contribution is -2.10. The molecule has 3 aromatic rings. The summed E-state index contributed by atoms with van der Waals surface area (Å²) in [6.45, 7) is 0. The molecule has 21 heavy (non-hydrogen) atoms. The van der Waals surface area contributed by atoms with Gasteiger partial charge in [0.05, 0.1) is 17.3 Å². The van der Waals surface area contributed by atoms with Crippen LogP contribution in [0, 0.1) is 0 Å². The van der Waals surface area contributed by atoms with Crippen LogP contribution < -0.4 is 5.73 Å². The Hall–Kier alpha value is -1.88. The van der Waals surface area contributed by atoms with Gasteiger partial charge in [-0.1, -0.05) is 15.9 Å². The van der Waals surface area contributed by atoms with Crippen molar-refractivity contribution >= 4 is 32.7 Å². The Morgan fingerprint density at radius 2 is 1.86 bits per heavy atom. The third kappa shape index (κ3) is 2.03. The van der Waals surface area contributed by atoms with Crippen LogP contribution in [0.1, 0.15) is 24.1 Å². The third-order valence-electron chi connectivity index (χ3n) is 4.11. The molecule has 2 N–H and O–H groups in total. The van der Waals surface area contributed by atoms with Crippen LogP contribution in [0.25, 0.3) is 16.7 Å². The molecule has 1 aliphatic carbocycles. The number of anilines is 1. The Labute approximate surface area is 131 Å². The maximum atomic E-state index is 6.35. The molecule has 0 aliphatic heterocycles. The molecule has 5 heteroatoms. The first-order valence-corrected chi connectivity index (χ1v) is 7.94. The minimum absolute atomic E-state index is 0.857. The molecule has 4 nitrogen and oxygen atoms in total. The predicted octanol–water partition coefficient (Wildman–Crippen LogP) is 3.64. The van der Waals surface area contributed by atoms with Crippen LogP contribution in [-0.2, 0) is 12.8 Å². The van der Waals surface area contributed by atoms with Gasteiger partial charge in [0.25, 0.3) is 0 Å². The van der Waals surface area contributed by atoms with Crippen LogP contribution in [0.15, 0.2) is 34.9 Å².